The molecule has 118 valence electrons. The monoisotopic (exact) mass is 298 g/mol. The Morgan fingerprint density at radius 2 is 1.71 bits per heavy atom. The maximum absolute atomic E-state index is 12.7. The molecule has 3 atom stereocenters. The molecule has 2 aliphatic rings. The average Bonchev–Trinajstić information content (AvgIpc) is 2.94. The van der Waals surface area contributed by atoms with Gasteiger partial charge in [-0.05, 0) is 31.6 Å². The fourth-order valence-corrected chi connectivity index (χ4v) is 3.32. The molecule has 0 spiro atoms. The molecule has 0 aromatic rings. The first kappa shape index (κ1) is 15.6. The van der Waals surface area contributed by atoms with E-state index >= 15 is 0 Å². The van der Waals surface area contributed by atoms with Crippen LogP contribution in [0, 0.1) is 5.92 Å². The summed E-state index contributed by atoms with van der Waals surface area (Å²) in [5.41, 5.74) is 0. The maximum Gasteiger partial charge on any atom is 0.328 e. The van der Waals surface area contributed by atoms with E-state index in [9.17, 15) is 19.5 Å². The van der Waals surface area contributed by atoms with Crippen molar-refractivity contribution in [1.29, 1.82) is 0 Å². The molecule has 0 radical (unpaired) electrons. The Balaban J connectivity index is 2.17. The summed E-state index contributed by atoms with van der Waals surface area (Å²) in [5, 5.41) is 9.39. The SMILES string of the molecule is COC(=O)C1CCCN1C(=O)N1CCCC(C)C1C(=O)O. The lowest BCUT2D eigenvalue weighted by molar-refractivity contribution is -0.146. The zero-order valence-electron chi connectivity index (χ0n) is 12.4. The molecular formula is C14H22N2O5. The van der Waals surface area contributed by atoms with Crippen molar-refractivity contribution in [1.82, 2.24) is 9.80 Å². The third kappa shape index (κ3) is 2.96. The number of carboxylic acids is 1. The molecule has 1 N–H and O–H groups in total. The van der Waals surface area contributed by atoms with Crippen molar-refractivity contribution in [2.45, 2.75) is 44.7 Å². The molecule has 2 rings (SSSR count). The van der Waals surface area contributed by atoms with Crippen LogP contribution >= 0.6 is 0 Å². The molecule has 21 heavy (non-hydrogen) atoms. The zero-order chi connectivity index (χ0) is 15.6. The van der Waals surface area contributed by atoms with Crippen LogP contribution in [-0.2, 0) is 14.3 Å². The van der Waals surface area contributed by atoms with Crippen LogP contribution in [0.2, 0.25) is 0 Å². The number of carbonyl (C=O) groups is 3. The number of esters is 1. The van der Waals surface area contributed by atoms with Crippen LogP contribution in [0.1, 0.15) is 32.6 Å². The lowest BCUT2D eigenvalue weighted by atomic mass is 9.91. The molecule has 0 aliphatic carbocycles. The van der Waals surface area contributed by atoms with Gasteiger partial charge >= 0.3 is 18.0 Å². The molecule has 7 nitrogen and oxygen atoms in total. The van der Waals surface area contributed by atoms with Gasteiger partial charge in [0.2, 0.25) is 0 Å². The zero-order valence-corrected chi connectivity index (χ0v) is 12.4. The number of nitrogens with zero attached hydrogens (tertiary/aromatic N) is 2. The van der Waals surface area contributed by atoms with E-state index in [1.54, 1.807) is 0 Å². The molecule has 2 amide bonds. The average molecular weight is 298 g/mol. The van der Waals surface area contributed by atoms with E-state index in [1.807, 2.05) is 6.92 Å². The lowest BCUT2D eigenvalue weighted by Gasteiger charge is -2.40. The van der Waals surface area contributed by atoms with Crippen molar-refractivity contribution >= 4 is 18.0 Å². The predicted molar refractivity (Wildman–Crippen MR) is 73.7 cm³/mol. The third-order valence-corrected chi connectivity index (χ3v) is 4.40. The van der Waals surface area contributed by atoms with E-state index in [0.717, 1.165) is 19.3 Å². The summed E-state index contributed by atoms with van der Waals surface area (Å²) in [6.45, 7) is 2.74. The van der Waals surface area contributed by atoms with Crippen molar-refractivity contribution in [3.63, 3.8) is 0 Å². The third-order valence-electron chi connectivity index (χ3n) is 4.40. The van der Waals surface area contributed by atoms with Gasteiger partial charge in [-0.3, -0.25) is 0 Å². The van der Waals surface area contributed by atoms with Gasteiger partial charge in [-0.1, -0.05) is 6.92 Å². The number of likely N-dealkylation sites (tertiary alicyclic amines) is 2. The summed E-state index contributed by atoms with van der Waals surface area (Å²) in [6.07, 6.45) is 2.88. The Hall–Kier alpha value is -1.79. The number of hydrogen-bond donors (Lipinski definition) is 1. The van der Waals surface area contributed by atoms with Crippen LogP contribution in [-0.4, -0.2) is 65.2 Å². The summed E-state index contributed by atoms with van der Waals surface area (Å²) in [7, 11) is 1.30. The van der Waals surface area contributed by atoms with Crippen molar-refractivity contribution in [2.24, 2.45) is 5.92 Å². The van der Waals surface area contributed by atoms with E-state index in [1.165, 1.54) is 16.9 Å². The summed E-state index contributed by atoms with van der Waals surface area (Å²) >= 11 is 0. The number of hydrogen-bond acceptors (Lipinski definition) is 4. The van der Waals surface area contributed by atoms with Gasteiger partial charge in [-0.15, -0.1) is 0 Å². The number of carboxylic acid groups (broad SMARTS) is 1. The molecule has 0 aromatic heterocycles. The van der Waals surface area contributed by atoms with Gasteiger partial charge in [0.25, 0.3) is 0 Å². The molecule has 0 saturated carbocycles. The van der Waals surface area contributed by atoms with Crippen molar-refractivity contribution in [3.8, 4) is 0 Å². The Morgan fingerprint density at radius 3 is 2.33 bits per heavy atom. The molecule has 2 aliphatic heterocycles. The summed E-state index contributed by atoms with van der Waals surface area (Å²) in [5.74, 6) is -1.50. The maximum atomic E-state index is 12.7. The standard InChI is InChI=1S/C14H22N2O5/c1-9-5-3-8-16(11(9)12(17)18)14(20)15-7-4-6-10(15)13(19)21-2/h9-11H,3-8H2,1-2H3,(H,17,18). The van der Waals surface area contributed by atoms with Crippen LogP contribution in [0.5, 0.6) is 0 Å². The van der Waals surface area contributed by atoms with Crippen LogP contribution in [0.3, 0.4) is 0 Å². The summed E-state index contributed by atoms with van der Waals surface area (Å²) < 4.78 is 4.73. The highest BCUT2D eigenvalue weighted by atomic mass is 16.5. The van der Waals surface area contributed by atoms with Gasteiger partial charge in [0.15, 0.2) is 0 Å². The highest BCUT2D eigenvalue weighted by Gasteiger charge is 2.43. The largest absolute Gasteiger partial charge is 0.480 e. The van der Waals surface area contributed by atoms with E-state index < -0.39 is 24.0 Å². The Morgan fingerprint density at radius 1 is 1.10 bits per heavy atom. The number of urea groups is 1. The van der Waals surface area contributed by atoms with Crippen LogP contribution < -0.4 is 0 Å². The van der Waals surface area contributed by atoms with Gasteiger partial charge in [0.1, 0.15) is 12.1 Å². The van der Waals surface area contributed by atoms with Gasteiger partial charge < -0.3 is 19.6 Å². The van der Waals surface area contributed by atoms with Gasteiger partial charge in [-0.25, -0.2) is 14.4 Å². The molecule has 3 unspecified atom stereocenters. The van der Waals surface area contributed by atoms with E-state index in [2.05, 4.69) is 0 Å². The van der Waals surface area contributed by atoms with E-state index in [-0.39, 0.29) is 11.9 Å². The number of piperidine rings is 1. The molecule has 2 fully saturated rings. The number of aliphatic carboxylic acids is 1. The second-order valence-electron chi connectivity index (χ2n) is 5.75. The Labute approximate surface area is 123 Å². The summed E-state index contributed by atoms with van der Waals surface area (Å²) in [4.78, 5) is 38.7. The molecule has 7 heteroatoms. The second kappa shape index (κ2) is 6.32. The van der Waals surface area contributed by atoms with Crippen LogP contribution in [0.25, 0.3) is 0 Å². The van der Waals surface area contributed by atoms with Crippen molar-refractivity contribution < 1.29 is 24.2 Å². The van der Waals surface area contributed by atoms with Gasteiger partial charge in [-0.2, -0.15) is 0 Å². The fourth-order valence-electron chi connectivity index (χ4n) is 3.32. The van der Waals surface area contributed by atoms with E-state index in [4.69, 9.17) is 4.74 Å². The minimum Gasteiger partial charge on any atom is -0.480 e. The van der Waals surface area contributed by atoms with Crippen LogP contribution in [0.4, 0.5) is 4.79 Å². The normalized spacial score (nSPS) is 29.3. The highest BCUT2D eigenvalue weighted by Crippen LogP contribution is 2.27. The summed E-state index contributed by atoms with van der Waals surface area (Å²) in [6, 6.07) is -1.76. The number of amides is 2. The second-order valence-corrected chi connectivity index (χ2v) is 5.75. The molecule has 0 bridgehead atoms. The molecule has 0 aromatic carbocycles. The topological polar surface area (TPSA) is 87.2 Å². The van der Waals surface area contributed by atoms with E-state index in [0.29, 0.717) is 19.5 Å². The fraction of sp³-hybridized carbons (Fsp3) is 0.786. The Bertz CT molecular complexity index is 439. The lowest BCUT2D eigenvalue weighted by Crippen LogP contribution is -2.57. The Kier molecular flexibility index (Phi) is 4.69. The van der Waals surface area contributed by atoms with Crippen molar-refractivity contribution in [2.75, 3.05) is 20.2 Å². The minimum absolute atomic E-state index is 0.0839. The van der Waals surface area contributed by atoms with Crippen LogP contribution in [0.15, 0.2) is 0 Å². The number of carbonyl (C=O) groups excluding carboxylic acids is 2. The number of ether oxygens (including phenoxy) is 1. The number of methoxy groups -OCH3 is 1. The van der Waals surface area contributed by atoms with Crippen molar-refractivity contribution in [3.05, 3.63) is 0 Å². The number of rotatable bonds is 2. The molecular weight excluding hydrogens is 276 g/mol. The quantitative estimate of drug-likeness (QED) is 0.766. The molecule has 2 saturated heterocycles. The molecule has 2 heterocycles. The first-order valence-electron chi connectivity index (χ1n) is 7.35. The smallest absolute Gasteiger partial charge is 0.328 e. The van der Waals surface area contributed by atoms with Gasteiger partial charge in [0.05, 0.1) is 7.11 Å². The predicted octanol–water partition coefficient (Wildman–Crippen LogP) is 0.929. The first-order valence-corrected chi connectivity index (χ1v) is 7.35. The first-order chi connectivity index (χ1) is 9.97. The van der Waals surface area contributed by atoms with Gasteiger partial charge in [0, 0.05) is 13.1 Å². The highest BCUT2D eigenvalue weighted by molar-refractivity contribution is 5.87. The minimum atomic E-state index is -0.982.